The molecule has 0 saturated carbocycles. The second kappa shape index (κ2) is 24.6. The van der Waals surface area contributed by atoms with Crippen LogP contribution in [0.2, 0.25) is 0 Å². The first-order chi connectivity index (χ1) is 18.0. The smallest absolute Gasteiger partial charge is 0.407 e. The standard InChI is InChI=1S/C20H33N3O4S2.C3H8.3C2H6/c1-15-8-6-10-23(13-15)17(24)12-21-19(25)27-16(20(2,3)4)14-22(5)29(26)18-9-7-11-28-18;1-3-2;3*1-2/h7,9,11,15-16H,6,8,10,12-14H2,1-5H3,(H,21,25);3H2,1-2H3;3*1-2H3. The van der Waals surface area contributed by atoms with Crippen molar-refractivity contribution in [3.05, 3.63) is 17.5 Å². The predicted octanol–water partition coefficient (Wildman–Crippen LogP) is 7.60. The Morgan fingerprint density at radius 2 is 1.74 bits per heavy atom. The first-order valence-corrected chi connectivity index (χ1v) is 16.4. The maximum atomic E-state index is 12.6. The van der Waals surface area contributed by atoms with Crippen LogP contribution in [0.1, 0.15) is 102 Å². The summed E-state index contributed by atoms with van der Waals surface area (Å²) in [5.41, 5.74) is -0.350. The van der Waals surface area contributed by atoms with Gasteiger partial charge in [-0.25, -0.2) is 13.3 Å². The summed E-state index contributed by atoms with van der Waals surface area (Å²) in [6, 6.07) is 3.68. The Morgan fingerprint density at radius 3 is 2.18 bits per heavy atom. The molecule has 3 unspecified atom stereocenters. The number of ether oxygens (including phenoxy) is 1. The van der Waals surface area contributed by atoms with Crippen molar-refractivity contribution in [3.63, 3.8) is 0 Å². The van der Waals surface area contributed by atoms with Crippen molar-refractivity contribution < 1.29 is 18.5 Å². The van der Waals surface area contributed by atoms with E-state index in [2.05, 4.69) is 26.1 Å². The normalized spacial score (nSPS) is 15.9. The minimum Gasteiger partial charge on any atom is -0.444 e. The van der Waals surface area contributed by atoms with E-state index in [-0.39, 0.29) is 17.9 Å². The molecule has 9 heteroatoms. The van der Waals surface area contributed by atoms with Gasteiger partial charge in [0.05, 0.1) is 0 Å². The van der Waals surface area contributed by atoms with E-state index in [1.54, 1.807) is 16.3 Å². The highest BCUT2D eigenvalue weighted by Crippen LogP contribution is 2.25. The van der Waals surface area contributed by atoms with Gasteiger partial charge in [0, 0.05) is 32.1 Å². The SMILES string of the molecule is CC.CC.CC.CC1CCCN(C(=O)CNC(=O)OC(CN(C)S(=O)c2cccs2)C(C)(C)C)C1.CCC. The van der Waals surface area contributed by atoms with Crippen LogP contribution >= 0.6 is 11.3 Å². The van der Waals surface area contributed by atoms with Crippen molar-refractivity contribution in [3.8, 4) is 0 Å². The fourth-order valence-electron chi connectivity index (χ4n) is 3.15. The molecule has 0 spiro atoms. The van der Waals surface area contributed by atoms with Gasteiger partial charge in [-0.2, -0.15) is 0 Å². The van der Waals surface area contributed by atoms with E-state index in [1.807, 2.05) is 79.8 Å². The fraction of sp³-hybridized carbons (Fsp3) is 0.793. The quantitative estimate of drug-likeness (QED) is 0.362. The van der Waals surface area contributed by atoms with Gasteiger partial charge in [0.2, 0.25) is 5.91 Å². The van der Waals surface area contributed by atoms with Gasteiger partial charge in [-0.05, 0) is 30.2 Å². The number of alkyl carbamates (subject to hydrolysis) is 1. The van der Waals surface area contributed by atoms with Crippen LogP contribution in [-0.4, -0.2) is 64.7 Å². The van der Waals surface area contributed by atoms with Crippen LogP contribution in [0, 0.1) is 11.3 Å². The summed E-state index contributed by atoms with van der Waals surface area (Å²) in [6.07, 6.45) is 2.27. The molecule has 0 aliphatic carbocycles. The molecule has 0 bridgehead atoms. The molecular weight excluding hydrogens is 518 g/mol. The number of likely N-dealkylation sites (N-methyl/N-ethyl adjacent to an activating group) is 1. The summed E-state index contributed by atoms with van der Waals surface area (Å²) < 4.78 is 20.7. The molecule has 1 N–H and O–H groups in total. The molecule has 2 amide bonds. The Kier molecular flexibility index (Phi) is 26.5. The van der Waals surface area contributed by atoms with Crippen LogP contribution in [0.25, 0.3) is 0 Å². The van der Waals surface area contributed by atoms with Gasteiger partial charge >= 0.3 is 6.09 Å². The van der Waals surface area contributed by atoms with E-state index in [1.165, 1.54) is 17.8 Å². The third-order valence-electron chi connectivity index (χ3n) is 4.98. The molecule has 226 valence electrons. The number of rotatable bonds is 7. The Morgan fingerprint density at radius 1 is 1.18 bits per heavy atom. The minimum atomic E-state index is -1.31. The molecule has 2 heterocycles. The highest BCUT2D eigenvalue weighted by molar-refractivity contribution is 7.85. The summed E-state index contributed by atoms with van der Waals surface area (Å²) in [5, 5.41) is 4.46. The third kappa shape index (κ3) is 17.9. The molecule has 7 nitrogen and oxygen atoms in total. The van der Waals surface area contributed by atoms with E-state index in [0.29, 0.717) is 12.5 Å². The van der Waals surface area contributed by atoms with Gasteiger partial charge in [0.1, 0.15) is 27.8 Å². The largest absolute Gasteiger partial charge is 0.444 e. The topological polar surface area (TPSA) is 79.0 Å². The van der Waals surface area contributed by atoms with Crippen molar-refractivity contribution in [2.24, 2.45) is 11.3 Å². The predicted molar refractivity (Wildman–Crippen MR) is 166 cm³/mol. The van der Waals surface area contributed by atoms with Crippen molar-refractivity contribution in [2.75, 3.05) is 33.2 Å². The van der Waals surface area contributed by atoms with Gasteiger partial charge in [-0.1, -0.05) is 95.6 Å². The monoisotopic (exact) mass is 577 g/mol. The fourth-order valence-corrected chi connectivity index (χ4v) is 5.25. The maximum Gasteiger partial charge on any atom is 0.407 e. The highest BCUT2D eigenvalue weighted by atomic mass is 32.2. The molecule has 1 aliphatic heterocycles. The summed E-state index contributed by atoms with van der Waals surface area (Å²) >= 11 is 1.43. The first-order valence-electron chi connectivity index (χ1n) is 14.4. The lowest BCUT2D eigenvalue weighted by Crippen LogP contribution is -2.47. The zero-order chi connectivity index (χ0) is 30.3. The second-order valence-corrected chi connectivity index (χ2v) is 12.2. The Bertz CT molecular complexity index is 722. The summed E-state index contributed by atoms with van der Waals surface area (Å²) in [7, 11) is 0.441. The minimum absolute atomic E-state index is 0.0701. The molecule has 3 atom stereocenters. The van der Waals surface area contributed by atoms with Crippen LogP contribution < -0.4 is 5.32 Å². The van der Waals surface area contributed by atoms with Gasteiger partial charge in [-0.15, -0.1) is 11.3 Å². The molecule has 1 aliphatic rings. The van der Waals surface area contributed by atoms with Crippen LogP contribution in [-0.2, 0) is 20.5 Å². The molecule has 0 aromatic carbocycles. The lowest BCUT2D eigenvalue weighted by Gasteiger charge is -2.33. The number of hydrogen-bond acceptors (Lipinski definition) is 5. The number of amides is 2. The number of hydrogen-bond donors (Lipinski definition) is 1. The number of nitrogens with zero attached hydrogens (tertiary/aromatic N) is 2. The van der Waals surface area contributed by atoms with Gasteiger partial charge in [-0.3, -0.25) is 4.79 Å². The average molecular weight is 578 g/mol. The summed E-state index contributed by atoms with van der Waals surface area (Å²) in [4.78, 5) is 26.5. The van der Waals surface area contributed by atoms with Crippen molar-refractivity contribution in [1.29, 1.82) is 0 Å². The van der Waals surface area contributed by atoms with Crippen molar-refractivity contribution in [2.45, 2.75) is 113 Å². The Labute approximate surface area is 241 Å². The molecule has 38 heavy (non-hydrogen) atoms. The number of carbonyl (C=O) groups excluding carboxylic acids is 2. The number of nitrogens with one attached hydrogen (secondary N) is 1. The lowest BCUT2D eigenvalue weighted by atomic mass is 9.89. The van der Waals surface area contributed by atoms with Gasteiger partial charge in [0.15, 0.2) is 0 Å². The van der Waals surface area contributed by atoms with E-state index < -0.39 is 23.2 Å². The number of piperidine rings is 1. The van der Waals surface area contributed by atoms with Crippen molar-refractivity contribution in [1.82, 2.24) is 14.5 Å². The van der Waals surface area contributed by atoms with Crippen molar-refractivity contribution >= 4 is 34.3 Å². The van der Waals surface area contributed by atoms with Crippen LogP contribution in [0.15, 0.2) is 21.7 Å². The summed E-state index contributed by atoms with van der Waals surface area (Å²) in [6.45, 7) is 26.0. The number of carbonyl (C=O) groups is 2. The average Bonchev–Trinajstić information content (AvgIpc) is 3.45. The Hall–Kier alpha value is -1.45. The van der Waals surface area contributed by atoms with E-state index in [9.17, 15) is 13.8 Å². The lowest BCUT2D eigenvalue weighted by molar-refractivity contribution is -0.131. The van der Waals surface area contributed by atoms with E-state index in [4.69, 9.17) is 4.74 Å². The van der Waals surface area contributed by atoms with E-state index in [0.717, 1.165) is 30.1 Å². The molecule has 0 radical (unpaired) electrons. The third-order valence-corrected chi connectivity index (χ3v) is 7.56. The van der Waals surface area contributed by atoms with Gasteiger partial charge in [0.25, 0.3) is 0 Å². The van der Waals surface area contributed by atoms with Crippen LogP contribution in [0.4, 0.5) is 4.79 Å². The molecule has 1 fully saturated rings. The Balaban J connectivity index is -0.00000122. The molecule has 1 saturated heterocycles. The molecule has 1 aromatic heterocycles. The summed E-state index contributed by atoms with van der Waals surface area (Å²) in [5.74, 6) is 0.404. The zero-order valence-corrected chi connectivity index (χ0v) is 28.3. The van der Waals surface area contributed by atoms with Crippen LogP contribution in [0.3, 0.4) is 0 Å². The first kappa shape index (κ1) is 41.0. The zero-order valence-electron chi connectivity index (χ0n) is 26.7. The molecule has 2 rings (SSSR count). The van der Waals surface area contributed by atoms with E-state index >= 15 is 0 Å². The molecular formula is C29H59N3O4S2. The van der Waals surface area contributed by atoms with Crippen LogP contribution in [0.5, 0.6) is 0 Å². The number of thiophene rings is 1. The highest BCUT2D eigenvalue weighted by Gasteiger charge is 2.31. The molecule has 1 aromatic rings. The number of likely N-dealkylation sites (tertiary alicyclic amines) is 1. The maximum absolute atomic E-state index is 12.6. The second-order valence-electron chi connectivity index (χ2n) is 9.40. The van der Waals surface area contributed by atoms with Gasteiger partial charge < -0.3 is 15.0 Å².